The summed E-state index contributed by atoms with van der Waals surface area (Å²) in [5, 5.41) is 8.20. The summed E-state index contributed by atoms with van der Waals surface area (Å²) in [6.45, 7) is 3.54. The maximum atomic E-state index is 12.5. The number of amides is 1. The minimum Gasteiger partial charge on any atom is -0.480 e. The molecule has 21 heavy (non-hydrogen) atoms. The number of likely N-dealkylation sites (tertiary alicyclic amines) is 1. The van der Waals surface area contributed by atoms with Gasteiger partial charge in [0, 0.05) is 32.2 Å². The molecule has 2 aliphatic rings. The van der Waals surface area contributed by atoms with E-state index in [1.54, 1.807) is 7.11 Å². The molecule has 3 rings (SSSR count). The highest BCUT2D eigenvalue weighted by molar-refractivity contribution is 5.80. The molecule has 0 bridgehead atoms. The van der Waals surface area contributed by atoms with Crippen LogP contribution >= 0.6 is 0 Å². The largest absolute Gasteiger partial charge is 0.480 e. The zero-order chi connectivity index (χ0) is 14.7. The van der Waals surface area contributed by atoms with Gasteiger partial charge in [-0.2, -0.15) is 0 Å². The summed E-state index contributed by atoms with van der Waals surface area (Å²) >= 11 is 0. The maximum absolute atomic E-state index is 12.5. The second-order valence-electron chi connectivity index (χ2n) is 5.75. The third-order valence-electron chi connectivity index (χ3n) is 4.35. The topological polar surface area (TPSA) is 58.6 Å². The minimum atomic E-state index is 0.0979. The van der Waals surface area contributed by atoms with Crippen LogP contribution in [0.2, 0.25) is 0 Å². The van der Waals surface area contributed by atoms with Gasteiger partial charge >= 0.3 is 0 Å². The Hall–Kier alpha value is -1.85. The Morgan fingerprint density at radius 1 is 1.19 bits per heavy atom. The monoisotopic (exact) mass is 290 g/mol. The Labute approximate surface area is 125 Å². The first-order chi connectivity index (χ1) is 10.3. The standard InChI is InChI=1S/C15H22N4O2/c1-21-14-7-6-13(16-17-14)19-10-4-5-12(11-19)15(20)18-8-2-3-9-18/h6-7,12H,2-5,8-11H2,1H3/t12-/m0/s1. The van der Waals surface area contributed by atoms with Gasteiger partial charge in [-0.25, -0.2) is 0 Å². The molecule has 0 unspecified atom stereocenters. The molecule has 1 aromatic rings. The number of nitrogens with zero attached hydrogens (tertiary/aromatic N) is 4. The normalized spacial score (nSPS) is 22.4. The van der Waals surface area contributed by atoms with Crippen LogP contribution in [0.4, 0.5) is 5.82 Å². The predicted molar refractivity (Wildman–Crippen MR) is 79.3 cm³/mol. The average molecular weight is 290 g/mol. The Morgan fingerprint density at radius 2 is 2.00 bits per heavy atom. The van der Waals surface area contributed by atoms with E-state index in [-0.39, 0.29) is 5.92 Å². The molecule has 2 aliphatic heterocycles. The van der Waals surface area contributed by atoms with Gasteiger partial charge in [0.1, 0.15) is 0 Å². The minimum absolute atomic E-state index is 0.0979. The number of ether oxygens (including phenoxy) is 1. The molecule has 0 aliphatic carbocycles. The van der Waals surface area contributed by atoms with Crippen molar-refractivity contribution >= 4 is 11.7 Å². The van der Waals surface area contributed by atoms with Crippen molar-refractivity contribution in [2.24, 2.45) is 5.92 Å². The van der Waals surface area contributed by atoms with Crippen LogP contribution in [0.25, 0.3) is 0 Å². The van der Waals surface area contributed by atoms with Crippen LogP contribution in [-0.2, 0) is 4.79 Å². The quantitative estimate of drug-likeness (QED) is 0.840. The van der Waals surface area contributed by atoms with Crippen LogP contribution < -0.4 is 9.64 Å². The van der Waals surface area contributed by atoms with Crippen molar-refractivity contribution in [3.8, 4) is 5.88 Å². The molecule has 2 saturated heterocycles. The van der Waals surface area contributed by atoms with Crippen LogP contribution in [0.5, 0.6) is 5.88 Å². The summed E-state index contributed by atoms with van der Waals surface area (Å²) < 4.78 is 5.03. The van der Waals surface area contributed by atoms with E-state index in [1.807, 2.05) is 17.0 Å². The molecule has 6 nitrogen and oxygen atoms in total. The first-order valence-electron chi connectivity index (χ1n) is 7.69. The second kappa shape index (κ2) is 6.28. The lowest BCUT2D eigenvalue weighted by Crippen LogP contribution is -2.44. The number of carbonyl (C=O) groups is 1. The Bertz CT molecular complexity index is 485. The second-order valence-corrected chi connectivity index (χ2v) is 5.75. The molecule has 0 aromatic carbocycles. The molecule has 1 atom stereocenters. The molecule has 0 saturated carbocycles. The van der Waals surface area contributed by atoms with E-state index in [2.05, 4.69) is 15.1 Å². The molecule has 1 aromatic heterocycles. The number of hydrogen-bond donors (Lipinski definition) is 0. The Balaban J connectivity index is 1.65. The highest BCUT2D eigenvalue weighted by Gasteiger charge is 2.31. The van der Waals surface area contributed by atoms with Gasteiger partial charge in [-0.1, -0.05) is 0 Å². The van der Waals surface area contributed by atoms with Crippen LogP contribution in [0, 0.1) is 5.92 Å². The van der Waals surface area contributed by atoms with E-state index < -0.39 is 0 Å². The molecule has 0 radical (unpaired) electrons. The third-order valence-corrected chi connectivity index (χ3v) is 4.35. The molecule has 2 fully saturated rings. The summed E-state index contributed by atoms with van der Waals surface area (Å²) in [5.74, 6) is 1.76. The van der Waals surface area contributed by atoms with Crippen molar-refractivity contribution in [2.45, 2.75) is 25.7 Å². The van der Waals surface area contributed by atoms with Gasteiger partial charge in [0.25, 0.3) is 0 Å². The van der Waals surface area contributed by atoms with E-state index >= 15 is 0 Å². The fraction of sp³-hybridized carbons (Fsp3) is 0.667. The van der Waals surface area contributed by atoms with Crippen molar-refractivity contribution < 1.29 is 9.53 Å². The number of piperidine rings is 1. The van der Waals surface area contributed by atoms with E-state index in [4.69, 9.17) is 4.74 Å². The van der Waals surface area contributed by atoms with Crippen LogP contribution in [0.15, 0.2) is 12.1 Å². The van der Waals surface area contributed by atoms with Gasteiger partial charge in [0.05, 0.1) is 13.0 Å². The van der Waals surface area contributed by atoms with Gasteiger partial charge in [-0.05, 0) is 31.7 Å². The maximum Gasteiger partial charge on any atom is 0.233 e. The Kier molecular flexibility index (Phi) is 4.22. The highest BCUT2D eigenvalue weighted by atomic mass is 16.5. The molecule has 3 heterocycles. The van der Waals surface area contributed by atoms with Gasteiger partial charge in [0.2, 0.25) is 11.8 Å². The van der Waals surface area contributed by atoms with Gasteiger partial charge < -0.3 is 14.5 Å². The number of methoxy groups -OCH3 is 1. The van der Waals surface area contributed by atoms with Gasteiger partial charge in [-0.15, -0.1) is 10.2 Å². The summed E-state index contributed by atoms with van der Waals surface area (Å²) in [6.07, 6.45) is 4.30. The predicted octanol–water partition coefficient (Wildman–Crippen LogP) is 1.32. The summed E-state index contributed by atoms with van der Waals surface area (Å²) in [6, 6.07) is 3.72. The molecular weight excluding hydrogens is 268 g/mol. The number of aromatic nitrogens is 2. The number of rotatable bonds is 3. The van der Waals surface area contributed by atoms with Gasteiger partial charge in [0.15, 0.2) is 5.82 Å². The number of anilines is 1. The molecule has 114 valence electrons. The zero-order valence-electron chi connectivity index (χ0n) is 12.5. The zero-order valence-corrected chi connectivity index (χ0v) is 12.5. The van der Waals surface area contributed by atoms with Crippen LogP contribution in [-0.4, -0.2) is 54.3 Å². The molecule has 6 heteroatoms. The summed E-state index contributed by atoms with van der Waals surface area (Å²) in [4.78, 5) is 16.7. The number of carbonyl (C=O) groups excluding carboxylic acids is 1. The van der Waals surface area contributed by atoms with Crippen molar-refractivity contribution in [1.29, 1.82) is 0 Å². The first-order valence-corrected chi connectivity index (χ1v) is 7.69. The molecule has 0 spiro atoms. The Morgan fingerprint density at radius 3 is 2.67 bits per heavy atom. The average Bonchev–Trinajstić information content (AvgIpc) is 3.09. The third kappa shape index (κ3) is 3.09. The van der Waals surface area contributed by atoms with E-state index in [0.717, 1.165) is 57.7 Å². The molecular formula is C15H22N4O2. The SMILES string of the molecule is COc1ccc(N2CCC[C@H](C(=O)N3CCCC3)C2)nn1. The first kappa shape index (κ1) is 14.1. The van der Waals surface area contributed by atoms with Crippen LogP contribution in [0.3, 0.4) is 0 Å². The lowest BCUT2D eigenvalue weighted by molar-refractivity contribution is -0.134. The van der Waals surface area contributed by atoms with Crippen molar-refractivity contribution in [2.75, 3.05) is 38.2 Å². The fourth-order valence-electron chi connectivity index (χ4n) is 3.17. The molecule has 0 N–H and O–H groups in total. The van der Waals surface area contributed by atoms with Crippen LogP contribution in [0.1, 0.15) is 25.7 Å². The van der Waals surface area contributed by atoms with E-state index in [9.17, 15) is 4.79 Å². The van der Waals surface area contributed by atoms with Gasteiger partial charge in [-0.3, -0.25) is 4.79 Å². The highest BCUT2D eigenvalue weighted by Crippen LogP contribution is 2.24. The number of hydrogen-bond acceptors (Lipinski definition) is 5. The van der Waals surface area contributed by atoms with Crippen molar-refractivity contribution in [1.82, 2.24) is 15.1 Å². The molecule has 1 amide bonds. The van der Waals surface area contributed by atoms with Crippen molar-refractivity contribution in [3.05, 3.63) is 12.1 Å². The smallest absolute Gasteiger partial charge is 0.233 e. The van der Waals surface area contributed by atoms with E-state index in [0.29, 0.717) is 11.8 Å². The lowest BCUT2D eigenvalue weighted by atomic mass is 9.96. The fourth-order valence-corrected chi connectivity index (χ4v) is 3.17. The lowest BCUT2D eigenvalue weighted by Gasteiger charge is -2.34. The summed E-state index contributed by atoms with van der Waals surface area (Å²) in [5.41, 5.74) is 0. The van der Waals surface area contributed by atoms with Crippen molar-refractivity contribution in [3.63, 3.8) is 0 Å². The summed E-state index contributed by atoms with van der Waals surface area (Å²) in [7, 11) is 1.58. The van der Waals surface area contributed by atoms with E-state index in [1.165, 1.54) is 0 Å².